The van der Waals surface area contributed by atoms with Crippen LogP contribution in [0, 0.1) is 0 Å². The summed E-state index contributed by atoms with van der Waals surface area (Å²) in [4.78, 5) is 19.5. The van der Waals surface area contributed by atoms with E-state index in [9.17, 15) is 4.79 Å². The second-order valence-corrected chi connectivity index (χ2v) is 8.87. The van der Waals surface area contributed by atoms with Crippen LogP contribution in [-0.4, -0.2) is 29.1 Å². The normalized spacial score (nSPS) is 10.8. The second kappa shape index (κ2) is 10.3. The van der Waals surface area contributed by atoms with E-state index >= 15 is 0 Å². The molecule has 0 fully saturated rings. The van der Waals surface area contributed by atoms with Gasteiger partial charge in [0.1, 0.15) is 10.8 Å². The van der Waals surface area contributed by atoms with E-state index in [4.69, 9.17) is 4.74 Å². The number of hydrogen-bond acceptors (Lipinski definition) is 4. The number of nitrogens with one attached hydrogen (secondary N) is 1. The maximum absolute atomic E-state index is 13.3. The van der Waals surface area contributed by atoms with Gasteiger partial charge in [0.2, 0.25) is 0 Å². The lowest BCUT2D eigenvalue weighted by molar-refractivity contribution is 0.193. The summed E-state index contributed by atoms with van der Waals surface area (Å²) in [6.45, 7) is 4.52. The van der Waals surface area contributed by atoms with Crippen LogP contribution in [0.4, 0.5) is 10.5 Å². The summed E-state index contributed by atoms with van der Waals surface area (Å²) in [5.41, 5.74) is 4.85. The number of anilines is 1. The average molecular weight is 458 g/mol. The number of rotatable bonds is 7. The third kappa shape index (κ3) is 5.41. The van der Waals surface area contributed by atoms with Crippen molar-refractivity contribution in [3.63, 3.8) is 0 Å². The number of ether oxygens (including phenoxy) is 1. The molecule has 1 aromatic heterocycles. The minimum atomic E-state index is -0.173. The SMILES string of the molecule is COc1ccc(-c2ccccc2)cc1NC(=O)N(Cc1cccc(-c2nccs2)c1)C(C)C. The third-order valence-corrected chi connectivity index (χ3v) is 6.21. The summed E-state index contributed by atoms with van der Waals surface area (Å²) in [6.07, 6.45) is 1.80. The number of thiazole rings is 1. The Balaban J connectivity index is 1.56. The molecule has 0 radical (unpaired) electrons. The fourth-order valence-corrected chi connectivity index (χ4v) is 4.29. The molecule has 1 heterocycles. The van der Waals surface area contributed by atoms with Gasteiger partial charge in [-0.2, -0.15) is 0 Å². The molecule has 4 aromatic rings. The molecule has 0 atom stereocenters. The van der Waals surface area contributed by atoms with Crippen molar-refractivity contribution in [2.75, 3.05) is 12.4 Å². The van der Waals surface area contributed by atoms with Crippen LogP contribution in [-0.2, 0) is 6.54 Å². The molecule has 33 heavy (non-hydrogen) atoms. The van der Waals surface area contributed by atoms with E-state index in [0.717, 1.165) is 27.3 Å². The molecule has 4 rings (SSSR count). The second-order valence-electron chi connectivity index (χ2n) is 7.97. The number of aromatic nitrogens is 1. The highest BCUT2D eigenvalue weighted by Gasteiger charge is 2.20. The van der Waals surface area contributed by atoms with Gasteiger partial charge in [-0.3, -0.25) is 0 Å². The highest BCUT2D eigenvalue weighted by Crippen LogP contribution is 2.31. The molecular weight excluding hydrogens is 430 g/mol. The lowest BCUT2D eigenvalue weighted by Crippen LogP contribution is -2.39. The van der Waals surface area contributed by atoms with Gasteiger partial charge in [-0.15, -0.1) is 11.3 Å². The third-order valence-electron chi connectivity index (χ3n) is 5.39. The van der Waals surface area contributed by atoms with Gasteiger partial charge >= 0.3 is 6.03 Å². The maximum atomic E-state index is 13.3. The Morgan fingerprint density at radius 1 is 1.00 bits per heavy atom. The van der Waals surface area contributed by atoms with Crippen LogP contribution in [0.1, 0.15) is 19.4 Å². The number of carbonyl (C=O) groups is 1. The van der Waals surface area contributed by atoms with Crippen LogP contribution in [0.15, 0.2) is 84.4 Å². The highest BCUT2D eigenvalue weighted by molar-refractivity contribution is 7.13. The Labute approximate surface area is 198 Å². The predicted molar refractivity (Wildman–Crippen MR) is 136 cm³/mol. The monoisotopic (exact) mass is 457 g/mol. The number of urea groups is 1. The molecule has 0 bridgehead atoms. The number of hydrogen-bond donors (Lipinski definition) is 1. The molecule has 0 unspecified atom stereocenters. The van der Waals surface area contributed by atoms with Crippen LogP contribution in [0.25, 0.3) is 21.7 Å². The molecule has 0 aliphatic rings. The number of methoxy groups -OCH3 is 1. The molecule has 0 aliphatic carbocycles. The van der Waals surface area contributed by atoms with Crippen LogP contribution in [0.2, 0.25) is 0 Å². The first kappa shape index (κ1) is 22.6. The van der Waals surface area contributed by atoms with Crippen LogP contribution in [0.5, 0.6) is 5.75 Å². The van der Waals surface area contributed by atoms with Gasteiger partial charge in [0, 0.05) is 29.7 Å². The van der Waals surface area contributed by atoms with E-state index in [1.165, 1.54) is 0 Å². The number of benzene rings is 3. The zero-order chi connectivity index (χ0) is 23.2. The predicted octanol–water partition coefficient (Wildman–Crippen LogP) is 6.93. The summed E-state index contributed by atoms with van der Waals surface area (Å²) >= 11 is 1.60. The standard InChI is InChI=1S/C27H27N3O2S/c1-19(2)30(18-20-8-7-11-23(16-20)26-28-14-15-33-26)27(31)29-24-17-22(12-13-25(24)32-3)21-9-5-4-6-10-21/h4-17,19H,18H2,1-3H3,(H,29,31). The minimum absolute atomic E-state index is 0.0109. The van der Waals surface area contributed by atoms with Crippen LogP contribution in [0.3, 0.4) is 0 Å². The Morgan fingerprint density at radius 2 is 1.79 bits per heavy atom. The molecule has 6 heteroatoms. The lowest BCUT2D eigenvalue weighted by Gasteiger charge is -2.27. The van der Waals surface area contributed by atoms with Crippen LogP contribution < -0.4 is 10.1 Å². The maximum Gasteiger partial charge on any atom is 0.322 e. The van der Waals surface area contributed by atoms with Crippen molar-refractivity contribution in [2.24, 2.45) is 0 Å². The average Bonchev–Trinajstić information content (AvgIpc) is 3.38. The Morgan fingerprint density at radius 3 is 2.48 bits per heavy atom. The van der Waals surface area contributed by atoms with Crippen molar-refractivity contribution in [1.82, 2.24) is 9.88 Å². The first-order chi connectivity index (χ1) is 16.0. The largest absolute Gasteiger partial charge is 0.495 e. The topological polar surface area (TPSA) is 54.5 Å². The smallest absolute Gasteiger partial charge is 0.322 e. The molecule has 3 aromatic carbocycles. The van der Waals surface area contributed by atoms with Crippen molar-refractivity contribution in [2.45, 2.75) is 26.4 Å². The number of nitrogens with zero attached hydrogens (tertiary/aromatic N) is 2. The summed E-state index contributed by atoms with van der Waals surface area (Å²) in [5.74, 6) is 0.623. The van der Waals surface area contributed by atoms with Crippen molar-refractivity contribution in [1.29, 1.82) is 0 Å². The molecule has 5 nitrogen and oxygen atoms in total. The van der Waals surface area contributed by atoms with Crippen molar-refractivity contribution < 1.29 is 9.53 Å². The van der Waals surface area contributed by atoms with Gasteiger partial charge in [-0.1, -0.05) is 54.6 Å². The molecule has 0 saturated carbocycles. The molecule has 1 N–H and O–H groups in total. The Bertz CT molecular complexity index is 1210. The van der Waals surface area contributed by atoms with Gasteiger partial charge in [-0.25, -0.2) is 9.78 Å². The fourth-order valence-electron chi connectivity index (χ4n) is 3.66. The Hall–Kier alpha value is -3.64. The highest BCUT2D eigenvalue weighted by atomic mass is 32.1. The number of carbonyl (C=O) groups excluding carboxylic acids is 1. The molecule has 0 saturated heterocycles. The van der Waals surface area contributed by atoms with E-state index in [2.05, 4.69) is 16.4 Å². The summed E-state index contributed by atoms with van der Waals surface area (Å²) in [7, 11) is 1.61. The van der Waals surface area contributed by atoms with Crippen molar-refractivity contribution in [3.05, 3.63) is 89.9 Å². The first-order valence-electron chi connectivity index (χ1n) is 10.8. The number of amides is 2. The summed E-state index contributed by atoms with van der Waals surface area (Å²) in [6, 6.07) is 23.9. The molecular formula is C27H27N3O2S. The van der Waals surface area contributed by atoms with E-state index in [-0.39, 0.29) is 12.1 Å². The van der Waals surface area contributed by atoms with E-state index in [0.29, 0.717) is 18.0 Å². The van der Waals surface area contributed by atoms with Gasteiger partial charge in [0.05, 0.1) is 12.8 Å². The van der Waals surface area contributed by atoms with Crippen LogP contribution >= 0.6 is 11.3 Å². The van der Waals surface area contributed by atoms with E-state index < -0.39 is 0 Å². The van der Waals surface area contributed by atoms with Gasteiger partial charge in [-0.05, 0) is 48.7 Å². The summed E-state index contributed by atoms with van der Waals surface area (Å²) in [5, 5.41) is 6.00. The van der Waals surface area contributed by atoms with E-state index in [1.807, 2.05) is 90.9 Å². The molecule has 168 valence electrons. The minimum Gasteiger partial charge on any atom is -0.495 e. The van der Waals surface area contributed by atoms with E-state index in [1.54, 1.807) is 24.6 Å². The molecule has 0 spiro atoms. The molecule has 2 amide bonds. The molecule has 0 aliphatic heterocycles. The summed E-state index contributed by atoms with van der Waals surface area (Å²) < 4.78 is 5.51. The van der Waals surface area contributed by atoms with Gasteiger partial charge < -0.3 is 15.0 Å². The van der Waals surface area contributed by atoms with Crippen molar-refractivity contribution in [3.8, 4) is 27.4 Å². The zero-order valence-corrected chi connectivity index (χ0v) is 19.8. The van der Waals surface area contributed by atoms with Crippen molar-refractivity contribution >= 4 is 23.1 Å². The fraction of sp³-hybridized carbons (Fsp3) is 0.185. The quantitative estimate of drug-likeness (QED) is 0.327. The zero-order valence-electron chi connectivity index (χ0n) is 19.0. The van der Waals surface area contributed by atoms with Gasteiger partial charge in [0.25, 0.3) is 0 Å². The lowest BCUT2D eigenvalue weighted by atomic mass is 10.0. The van der Waals surface area contributed by atoms with Gasteiger partial charge in [0.15, 0.2) is 0 Å². The Kier molecular flexibility index (Phi) is 7.05. The first-order valence-corrected chi connectivity index (χ1v) is 11.7.